The van der Waals surface area contributed by atoms with Crippen LogP contribution in [0.5, 0.6) is 5.75 Å². The van der Waals surface area contributed by atoms with Gasteiger partial charge in [-0.05, 0) is 24.8 Å². The number of aliphatic hydroxyl groups excluding tert-OH is 1. The predicted molar refractivity (Wildman–Crippen MR) is 83.6 cm³/mol. The van der Waals surface area contributed by atoms with Gasteiger partial charge in [0.1, 0.15) is 5.75 Å². The van der Waals surface area contributed by atoms with Crippen LogP contribution in [0.4, 0.5) is 0 Å². The van der Waals surface area contributed by atoms with Gasteiger partial charge in [-0.3, -0.25) is 4.90 Å². The van der Waals surface area contributed by atoms with Crippen molar-refractivity contribution in [1.29, 1.82) is 0 Å². The van der Waals surface area contributed by atoms with E-state index in [1.54, 1.807) is 7.11 Å². The second-order valence-corrected chi connectivity index (χ2v) is 6.30. The van der Waals surface area contributed by atoms with Gasteiger partial charge in [0.15, 0.2) is 0 Å². The Kier molecular flexibility index (Phi) is 4.78. The number of nitrogens with zero attached hydrogens (tertiary/aromatic N) is 2. The molecule has 1 heterocycles. The molecule has 2 fully saturated rings. The Morgan fingerprint density at radius 1 is 1.14 bits per heavy atom. The second-order valence-electron chi connectivity index (χ2n) is 6.30. The molecule has 0 spiro atoms. The molecule has 0 bridgehead atoms. The maximum atomic E-state index is 10.5. The van der Waals surface area contributed by atoms with Crippen LogP contribution in [0.3, 0.4) is 0 Å². The molecule has 4 nitrogen and oxygen atoms in total. The molecule has 1 aliphatic carbocycles. The zero-order valence-corrected chi connectivity index (χ0v) is 12.9. The maximum Gasteiger partial charge on any atom is 0.124 e. The zero-order chi connectivity index (χ0) is 14.7. The highest BCUT2D eigenvalue weighted by Gasteiger charge is 2.27. The lowest BCUT2D eigenvalue weighted by atomic mass is 10.1. The van der Waals surface area contributed by atoms with E-state index in [-0.39, 0.29) is 0 Å². The summed E-state index contributed by atoms with van der Waals surface area (Å²) >= 11 is 0. The lowest BCUT2D eigenvalue weighted by Gasteiger charge is -2.35. The molecule has 1 atom stereocenters. The minimum atomic E-state index is -0.476. The van der Waals surface area contributed by atoms with Crippen LogP contribution in [0.2, 0.25) is 0 Å². The average Bonchev–Trinajstić information content (AvgIpc) is 3.33. The first-order valence-corrected chi connectivity index (χ1v) is 8.02. The Hall–Kier alpha value is -1.10. The van der Waals surface area contributed by atoms with Gasteiger partial charge in [-0.15, -0.1) is 0 Å². The summed E-state index contributed by atoms with van der Waals surface area (Å²) in [5.74, 6) is 1.74. The van der Waals surface area contributed by atoms with E-state index in [1.807, 2.05) is 24.3 Å². The van der Waals surface area contributed by atoms with E-state index < -0.39 is 6.10 Å². The lowest BCUT2D eigenvalue weighted by Crippen LogP contribution is -2.48. The van der Waals surface area contributed by atoms with E-state index in [4.69, 9.17) is 4.74 Å². The Morgan fingerprint density at radius 3 is 2.48 bits per heavy atom. The van der Waals surface area contributed by atoms with Gasteiger partial charge in [0.05, 0.1) is 13.2 Å². The number of hydrogen-bond acceptors (Lipinski definition) is 4. The number of benzene rings is 1. The second kappa shape index (κ2) is 6.77. The fraction of sp³-hybridized carbons (Fsp3) is 0.647. The van der Waals surface area contributed by atoms with Crippen LogP contribution in [0.15, 0.2) is 24.3 Å². The van der Waals surface area contributed by atoms with Crippen molar-refractivity contribution >= 4 is 0 Å². The van der Waals surface area contributed by atoms with Gasteiger partial charge in [-0.25, -0.2) is 0 Å². The smallest absolute Gasteiger partial charge is 0.124 e. The molecule has 1 aromatic rings. The summed E-state index contributed by atoms with van der Waals surface area (Å²) in [6.07, 6.45) is 2.37. The van der Waals surface area contributed by atoms with Crippen LogP contribution in [-0.2, 0) is 0 Å². The molecule has 0 radical (unpaired) electrons. The minimum Gasteiger partial charge on any atom is -0.496 e. The summed E-state index contributed by atoms with van der Waals surface area (Å²) in [5, 5.41) is 10.5. The number of piperazine rings is 1. The molecule has 1 unspecified atom stereocenters. The van der Waals surface area contributed by atoms with E-state index >= 15 is 0 Å². The van der Waals surface area contributed by atoms with Crippen molar-refractivity contribution in [3.63, 3.8) is 0 Å². The normalized spacial score (nSPS) is 22.2. The fourth-order valence-electron chi connectivity index (χ4n) is 3.10. The lowest BCUT2D eigenvalue weighted by molar-refractivity contribution is 0.0699. The van der Waals surface area contributed by atoms with E-state index in [2.05, 4.69) is 9.80 Å². The van der Waals surface area contributed by atoms with Crippen LogP contribution in [0.25, 0.3) is 0 Å². The van der Waals surface area contributed by atoms with Gasteiger partial charge < -0.3 is 14.7 Å². The summed E-state index contributed by atoms with van der Waals surface area (Å²) in [4.78, 5) is 4.93. The molecular weight excluding hydrogens is 264 g/mol. The van der Waals surface area contributed by atoms with Gasteiger partial charge in [0, 0.05) is 44.8 Å². The highest BCUT2D eigenvalue weighted by atomic mass is 16.5. The first-order chi connectivity index (χ1) is 10.3. The monoisotopic (exact) mass is 290 g/mol. The molecule has 116 valence electrons. The van der Waals surface area contributed by atoms with Crippen molar-refractivity contribution in [2.45, 2.75) is 18.9 Å². The fourth-order valence-corrected chi connectivity index (χ4v) is 3.10. The SMILES string of the molecule is COc1ccccc1C(O)CN1CCN(CC2CC2)CC1. The van der Waals surface area contributed by atoms with Crippen molar-refractivity contribution in [2.24, 2.45) is 5.92 Å². The molecule has 0 aromatic heterocycles. The van der Waals surface area contributed by atoms with Crippen LogP contribution >= 0.6 is 0 Å². The largest absolute Gasteiger partial charge is 0.496 e. The first-order valence-electron chi connectivity index (χ1n) is 8.02. The van der Waals surface area contributed by atoms with Gasteiger partial charge in [-0.2, -0.15) is 0 Å². The third kappa shape index (κ3) is 3.96. The van der Waals surface area contributed by atoms with E-state index in [0.29, 0.717) is 6.54 Å². The molecule has 1 saturated heterocycles. The van der Waals surface area contributed by atoms with Crippen molar-refractivity contribution in [3.05, 3.63) is 29.8 Å². The van der Waals surface area contributed by atoms with Gasteiger partial charge in [-0.1, -0.05) is 18.2 Å². The zero-order valence-electron chi connectivity index (χ0n) is 12.9. The molecular formula is C17H26N2O2. The van der Waals surface area contributed by atoms with Crippen LogP contribution < -0.4 is 4.74 Å². The quantitative estimate of drug-likeness (QED) is 0.866. The molecule has 1 N–H and O–H groups in total. The number of methoxy groups -OCH3 is 1. The maximum absolute atomic E-state index is 10.5. The van der Waals surface area contributed by atoms with Crippen molar-refractivity contribution in [3.8, 4) is 5.75 Å². The first kappa shape index (κ1) is 14.8. The molecule has 3 rings (SSSR count). The predicted octanol–water partition coefficient (Wildman–Crippen LogP) is 1.76. The van der Waals surface area contributed by atoms with E-state index in [9.17, 15) is 5.11 Å². The Labute approximate surface area is 127 Å². The van der Waals surface area contributed by atoms with Gasteiger partial charge in [0.25, 0.3) is 0 Å². The molecule has 1 aromatic carbocycles. The number of β-amino-alcohol motifs (C(OH)–C–C–N with tert-alkyl or cyclic N) is 1. The summed E-state index contributed by atoms with van der Waals surface area (Å²) in [6, 6.07) is 7.75. The number of hydrogen-bond donors (Lipinski definition) is 1. The average molecular weight is 290 g/mol. The topological polar surface area (TPSA) is 35.9 Å². The summed E-state index contributed by atoms with van der Waals surface area (Å²) < 4.78 is 5.34. The molecule has 1 aliphatic heterocycles. The number of para-hydroxylation sites is 1. The Balaban J connectivity index is 1.50. The third-order valence-corrected chi connectivity index (χ3v) is 4.61. The van der Waals surface area contributed by atoms with Crippen molar-refractivity contribution in [2.75, 3.05) is 46.4 Å². The van der Waals surface area contributed by atoms with Crippen LogP contribution in [-0.4, -0.2) is 61.3 Å². The standard InChI is InChI=1S/C17H26N2O2/c1-21-17-5-3-2-4-15(17)16(20)13-19-10-8-18(9-11-19)12-14-6-7-14/h2-5,14,16,20H,6-13H2,1H3. The van der Waals surface area contributed by atoms with Gasteiger partial charge in [0.2, 0.25) is 0 Å². The summed E-state index contributed by atoms with van der Waals surface area (Å²) in [5.41, 5.74) is 0.889. The van der Waals surface area contributed by atoms with Crippen molar-refractivity contribution < 1.29 is 9.84 Å². The third-order valence-electron chi connectivity index (χ3n) is 4.61. The number of ether oxygens (including phenoxy) is 1. The van der Waals surface area contributed by atoms with Crippen LogP contribution in [0.1, 0.15) is 24.5 Å². The van der Waals surface area contributed by atoms with Crippen molar-refractivity contribution in [1.82, 2.24) is 9.80 Å². The number of aliphatic hydroxyl groups is 1. The molecule has 0 amide bonds. The highest BCUT2D eigenvalue weighted by Crippen LogP contribution is 2.30. The van der Waals surface area contributed by atoms with E-state index in [0.717, 1.165) is 43.4 Å². The van der Waals surface area contributed by atoms with Crippen LogP contribution in [0, 0.1) is 5.92 Å². The summed E-state index contributed by atoms with van der Waals surface area (Å²) in [6.45, 7) is 6.35. The summed E-state index contributed by atoms with van der Waals surface area (Å²) in [7, 11) is 1.65. The molecule has 2 aliphatic rings. The Bertz CT molecular complexity index is 454. The molecule has 1 saturated carbocycles. The van der Waals surface area contributed by atoms with Gasteiger partial charge >= 0.3 is 0 Å². The molecule has 21 heavy (non-hydrogen) atoms. The molecule has 4 heteroatoms. The van der Waals surface area contributed by atoms with E-state index in [1.165, 1.54) is 19.4 Å². The highest BCUT2D eigenvalue weighted by molar-refractivity contribution is 5.35. The minimum absolute atomic E-state index is 0.476. The Morgan fingerprint density at radius 2 is 1.81 bits per heavy atom. The number of rotatable bonds is 6.